The molecule has 0 aliphatic carbocycles. The zero-order chi connectivity index (χ0) is 33.0. The molecule has 0 saturated heterocycles. The van der Waals surface area contributed by atoms with Crippen LogP contribution in [-0.2, 0) is 0 Å². The van der Waals surface area contributed by atoms with Crippen molar-refractivity contribution in [3.05, 3.63) is 194 Å². The number of hydrogen-bond acceptors (Lipinski definition) is 0. The molecular formula is C48H32N2. The molecule has 234 valence electrons. The minimum atomic E-state index is 1.16. The first-order valence-corrected chi connectivity index (χ1v) is 17.2. The normalized spacial score (nSPS) is 11.6. The standard InChI is InChI=1S/C48H32N2/c1-3-17-33(18-4-1)35-25-15-26-36(34-19-5-2-6-20-34)47(35)50-46-32-14-10-24-40(46)42-28-16-27-41(48(42)50)39-23-9-13-31-45(39)49-43-29-11-7-21-37(43)38-22-8-12-30-44(38)49/h1-32H. The number of aromatic nitrogens is 2. The third-order valence-corrected chi connectivity index (χ3v) is 10.1. The molecule has 0 aliphatic heterocycles. The summed E-state index contributed by atoms with van der Waals surface area (Å²) in [7, 11) is 0. The van der Waals surface area contributed by atoms with E-state index in [0.717, 1.165) is 5.69 Å². The number of nitrogens with zero attached hydrogens (tertiary/aromatic N) is 2. The van der Waals surface area contributed by atoms with E-state index in [4.69, 9.17) is 0 Å². The van der Waals surface area contributed by atoms with Crippen molar-refractivity contribution in [2.75, 3.05) is 0 Å². The minimum Gasteiger partial charge on any atom is -0.309 e. The summed E-state index contributed by atoms with van der Waals surface area (Å²) in [6.45, 7) is 0. The maximum Gasteiger partial charge on any atom is 0.0620 e. The summed E-state index contributed by atoms with van der Waals surface area (Å²) < 4.78 is 4.98. The summed E-state index contributed by atoms with van der Waals surface area (Å²) in [5.41, 5.74) is 14.3. The van der Waals surface area contributed by atoms with E-state index in [-0.39, 0.29) is 0 Å². The number of benzene rings is 8. The smallest absolute Gasteiger partial charge is 0.0620 e. The lowest BCUT2D eigenvalue weighted by atomic mass is 9.95. The Morgan fingerprint density at radius 2 is 0.660 bits per heavy atom. The molecule has 2 aromatic heterocycles. The summed E-state index contributed by atoms with van der Waals surface area (Å²) in [6, 6.07) is 70.4. The molecule has 0 fully saturated rings. The second-order valence-electron chi connectivity index (χ2n) is 12.9. The molecule has 10 rings (SSSR count). The van der Waals surface area contributed by atoms with Crippen LogP contribution in [0, 0.1) is 0 Å². The van der Waals surface area contributed by atoms with Gasteiger partial charge in [0.2, 0.25) is 0 Å². The molecule has 2 heterocycles. The van der Waals surface area contributed by atoms with Gasteiger partial charge in [0.05, 0.1) is 33.4 Å². The van der Waals surface area contributed by atoms with Crippen molar-refractivity contribution in [1.29, 1.82) is 0 Å². The maximum atomic E-state index is 2.54. The van der Waals surface area contributed by atoms with Gasteiger partial charge in [0, 0.05) is 43.8 Å². The van der Waals surface area contributed by atoms with Crippen LogP contribution in [0.1, 0.15) is 0 Å². The van der Waals surface area contributed by atoms with Crippen LogP contribution in [0.4, 0.5) is 0 Å². The summed E-state index contributed by atoms with van der Waals surface area (Å²) >= 11 is 0. The van der Waals surface area contributed by atoms with Gasteiger partial charge in [0.25, 0.3) is 0 Å². The summed E-state index contributed by atoms with van der Waals surface area (Å²) in [5.74, 6) is 0. The van der Waals surface area contributed by atoms with Crippen LogP contribution in [0.3, 0.4) is 0 Å². The Kier molecular flexibility index (Phi) is 6.53. The second-order valence-corrected chi connectivity index (χ2v) is 12.9. The Morgan fingerprint density at radius 3 is 1.26 bits per heavy atom. The predicted molar refractivity (Wildman–Crippen MR) is 211 cm³/mol. The molecule has 0 aliphatic rings. The number of para-hydroxylation sites is 6. The first kappa shape index (κ1) is 28.4. The lowest BCUT2D eigenvalue weighted by molar-refractivity contribution is 1.17. The number of hydrogen-bond donors (Lipinski definition) is 0. The first-order chi connectivity index (χ1) is 24.9. The highest BCUT2D eigenvalue weighted by atomic mass is 15.0. The van der Waals surface area contributed by atoms with Gasteiger partial charge in [0.15, 0.2) is 0 Å². The zero-order valence-corrected chi connectivity index (χ0v) is 27.4. The topological polar surface area (TPSA) is 9.86 Å². The van der Waals surface area contributed by atoms with Crippen LogP contribution < -0.4 is 0 Å². The molecule has 0 radical (unpaired) electrons. The SMILES string of the molecule is c1ccc(-c2cccc(-c3ccccc3)c2-n2c3ccccc3c3cccc(-c4ccccc4-n4c5ccccc5c5ccccc54)c32)cc1. The van der Waals surface area contributed by atoms with Crippen molar-refractivity contribution in [2.24, 2.45) is 0 Å². The van der Waals surface area contributed by atoms with Gasteiger partial charge in [-0.2, -0.15) is 0 Å². The van der Waals surface area contributed by atoms with E-state index in [1.54, 1.807) is 0 Å². The number of fused-ring (bicyclic) bond motifs is 6. The molecule has 2 heteroatoms. The van der Waals surface area contributed by atoms with Crippen LogP contribution in [0.15, 0.2) is 194 Å². The number of rotatable bonds is 5. The highest BCUT2D eigenvalue weighted by Gasteiger charge is 2.23. The van der Waals surface area contributed by atoms with Gasteiger partial charge in [-0.05, 0) is 35.4 Å². The lowest BCUT2D eigenvalue weighted by Crippen LogP contribution is -2.02. The Morgan fingerprint density at radius 1 is 0.260 bits per heavy atom. The average molecular weight is 637 g/mol. The third kappa shape index (κ3) is 4.29. The van der Waals surface area contributed by atoms with Gasteiger partial charge in [-0.15, -0.1) is 0 Å². The Balaban J connectivity index is 1.36. The third-order valence-electron chi connectivity index (χ3n) is 10.1. The van der Waals surface area contributed by atoms with E-state index >= 15 is 0 Å². The highest BCUT2D eigenvalue weighted by molar-refractivity contribution is 6.16. The molecule has 0 unspecified atom stereocenters. The Bertz CT molecular complexity index is 2740. The molecule has 0 atom stereocenters. The fourth-order valence-corrected chi connectivity index (χ4v) is 8.03. The van der Waals surface area contributed by atoms with Gasteiger partial charge < -0.3 is 9.13 Å². The van der Waals surface area contributed by atoms with Crippen molar-refractivity contribution in [3.63, 3.8) is 0 Å². The summed E-state index contributed by atoms with van der Waals surface area (Å²) in [4.78, 5) is 0. The summed E-state index contributed by atoms with van der Waals surface area (Å²) in [5, 5.41) is 4.99. The van der Waals surface area contributed by atoms with Gasteiger partial charge in [-0.1, -0.05) is 170 Å². The molecule has 10 aromatic rings. The Labute approximate surface area is 290 Å². The molecule has 50 heavy (non-hydrogen) atoms. The fourth-order valence-electron chi connectivity index (χ4n) is 8.03. The molecule has 0 N–H and O–H groups in total. The molecule has 2 nitrogen and oxygen atoms in total. The van der Waals surface area contributed by atoms with Crippen molar-refractivity contribution >= 4 is 43.6 Å². The van der Waals surface area contributed by atoms with E-state index in [1.807, 2.05) is 0 Å². The lowest BCUT2D eigenvalue weighted by Gasteiger charge is -2.21. The van der Waals surface area contributed by atoms with Gasteiger partial charge in [-0.3, -0.25) is 0 Å². The van der Waals surface area contributed by atoms with E-state index in [1.165, 1.54) is 82.7 Å². The molecule has 0 amide bonds. The molecule has 8 aromatic carbocycles. The monoisotopic (exact) mass is 636 g/mol. The molecular weight excluding hydrogens is 605 g/mol. The van der Waals surface area contributed by atoms with E-state index in [2.05, 4.69) is 203 Å². The zero-order valence-electron chi connectivity index (χ0n) is 27.4. The van der Waals surface area contributed by atoms with Gasteiger partial charge in [0.1, 0.15) is 0 Å². The van der Waals surface area contributed by atoms with Gasteiger partial charge >= 0.3 is 0 Å². The first-order valence-electron chi connectivity index (χ1n) is 17.2. The van der Waals surface area contributed by atoms with E-state index in [9.17, 15) is 0 Å². The van der Waals surface area contributed by atoms with Crippen LogP contribution in [0.5, 0.6) is 0 Å². The average Bonchev–Trinajstić information content (AvgIpc) is 3.71. The van der Waals surface area contributed by atoms with E-state index < -0.39 is 0 Å². The highest BCUT2D eigenvalue weighted by Crippen LogP contribution is 2.45. The van der Waals surface area contributed by atoms with Crippen molar-refractivity contribution < 1.29 is 0 Å². The quantitative estimate of drug-likeness (QED) is 0.178. The minimum absolute atomic E-state index is 1.16. The van der Waals surface area contributed by atoms with Crippen molar-refractivity contribution in [2.45, 2.75) is 0 Å². The van der Waals surface area contributed by atoms with E-state index in [0.29, 0.717) is 0 Å². The van der Waals surface area contributed by atoms with Crippen LogP contribution >= 0.6 is 0 Å². The van der Waals surface area contributed by atoms with Crippen molar-refractivity contribution in [3.8, 4) is 44.8 Å². The largest absolute Gasteiger partial charge is 0.309 e. The van der Waals surface area contributed by atoms with Crippen molar-refractivity contribution in [1.82, 2.24) is 9.13 Å². The fraction of sp³-hybridized carbons (Fsp3) is 0. The van der Waals surface area contributed by atoms with Crippen LogP contribution in [-0.4, -0.2) is 9.13 Å². The second kappa shape index (κ2) is 11.5. The Hall–Kier alpha value is -6.64. The van der Waals surface area contributed by atoms with Gasteiger partial charge in [-0.25, -0.2) is 0 Å². The maximum absolute atomic E-state index is 2.54. The van der Waals surface area contributed by atoms with Crippen LogP contribution in [0.2, 0.25) is 0 Å². The van der Waals surface area contributed by atoms with Crippen LogP contribution in [0.25, 0.3) is 88.4 Å². The summed E-state index contributed by atoms with van der Waals surface area (Å²) in [6.07, 6.45) is 0. The molecule has 0 saturated carbocycles. The molecule has 0 spiro atoms. The predicted octanol–water partition coefficient (Wildman–Crippen LogP) is 12.9. The molecule has 0 bridgehead atoms.